The maximum absolute atomic E-state index is 13.6. The van der Waals surface area contributed by atoms with Gasteiger partial charge in [0.25, 0.3) is 0 Å². The number of hydrogen-bond donors (Lipinski definition) is 2. The van der Waals surface area contributed by atoms with Crippen LogP contribution in [0.5, 0.6) is 0 Å². The second kappa shape index (κ2) is 7.36. The zero-order valence-electron chi connectivity index (χ0n) is 14.6. The van der Waals surface area contributed by atoms with Crippen LogP contribution in [-0.2, 0) is 9.59 Å². The molecule has 0 aliphatic carbocycles. The number of halogens is 2. The average Bonchev–Trinajstić information content (AvgIpc) is 2.94. The number of nitrogens with one attached hydrogen (secondary N) is 2. The second-order valence-corrected chi connectivity index (χ2v) is 5.80. The van der Waals surface area contributed by atoms with Gasteiger partial charge in [0, 0.05) is 0 Å². The number of anilines is 2. The first kappa shape index (κ1) is 18.2. The smallest absolute Gasteiger partial charge is 0.314 e. The second-order valence-electron chi connectivity index (χ2n) is 5.80. The molecule has 0 aliphatic heterocycles. The van der Waals surface area contributed by atoms with Crippen LogP contribution in [0.1, 0.15) is 11.4 Å². The number of aryl methyl sites for hydroxylation is 1. The quantitative estimate of drug-likeness (QED) is 0.695. The third-order valence-electron chi connectivity index (χ3n) is 3.94. The minimum Gasteiger partial charge on any atom is -0.315 e. The van der Waals surface area contributed by atoms with Crippen LogP contribution >= 0.6 is 0 Å². The highest BCUT2D eigenvalue weighted by Crippen LogP contribution is 2.23. The third kappa shape index (κ3) is 3.69. The molecule has 2 amide bonds. The molecule has 0 saturated carbocycles. The molecule has 1 heterocycles. The van der Waals surface area contributed by atoms with Gasteiger partial charge in [0.05, 0.1) is 28.5 Å². The molecular weight excluding hydrogens is 354 g/mol. The molecule has 0 saturated heterocycles. The molecule has 0 unspecified atom stereocenters. The van der Waals surface area contributed by atoms with E-state index in [1.54, 1.807) is 18.5 Å². The zero-order chi connectivity index (χ0) is 19.6. The number of amides is 2. The van der Waals surface area contributed by atoms with Gasteiger partial charge in [0.1, 0.15) is 0 Å². The number of carbonyl (C=O) groups is 2. The van der Waals surface area contributed by atoms with E-state index in [4.69, 9.17) is 0 Å². The van der Waals surface area contributed by atoms with Gasteiger partial charge in [0.2, 0.25) is 0 Å². The Morgan fingerprint density at radius 1 is 0.926 bits per heavy atom. The van der Waals surface area contributed by atoms with Crippen molar-refractivity contribution < 1.29 is 18.4 Å². The normalized spacial score (nSPS) is 10.5. The first-order valence-electron chi connectivity index (χ1n) is 8.06. The molecule has 3 rings (SSSR count). The Hall–Kier alpha value is -3.55. The molecule has 0 aliphatic rings. The largest absolute Gasteiger partial charge is 0.315 e. The lowest BCUT2D eigenvalue weighted by molar-refractivity contribution is -0.133. The van der Waals surface area contributed by atoms with Crippen LogP contribution in [0.3, 0.4) is 0 Å². The average molecular weight is 370 g/mol. The molecule has 0 atom stereocenters. The van der Waals surface area contributed by atoms with Crippen LogP contribution in [0.25, 0.3) is 5.69 Å². The molecule has 6 nitrogen and oxygen atoms in total. The van der Waals surface area contributed by atoms with Crippen molar-refractivity contribution in [2.45, 2.75) is 13.8 Å². The van der Waals surface area contributed by atoms with Gasteiger partial charge in [-0.15, -0.1) is 0 Å². The summed E-state index contributed by atoms with van der Waals surface area (Å²) in [6.07, 6.45) is 0. The maximum atomic E-state index is 13.6. The van der Waals surface area contributed by atoms with Crippen molar-refractivity contribution in [3.05, 3.63) is 71.6 Å². The lowest BCUT2D eigenvalue weighted by Crippen LogP contribution is -2.30. The van der Waals surface area contributed by atoms with E-state index in [1.165, 1.54) is 6.07 Å². The van der Waals surface area contributed by atoms with E-state index in [0.29, 0.717) is 17.1 Å². The Morgan fingerprint density at radius 3 is 2.30 bits per heavy atom. The summed E-state index contributed by atoms with van der Waals surface area (Å²) in [6, 6.07) is 12.6. The molecule has 2 N–H and O–H groups in total. The van der Waals surface area contributed by atoms with Gasteiger partial charge in [-0.2, -0.15) is 5.10 Å². The number of benzene rings is 2. The Bertz CT molecular complexity index is 1020. The first-order chi connectivity index (χ1) is 12.9. The van der Waals surface area contributed by atoms with Crippen molar-refractivity contribution in [1.29, 1.82) is 0 Å². The fraction of sp³-hybridized carbons (Fsp3) is 0.105. The summed E-state index contributed by atoms with van der Waals surface area (Å²) in [7, 11) is 0. The molecule has 1 aromatic heterocycles. The maximum Gasteiger partial charge on any atom is 0.314 e. The number of carbonyl (C=O) groups excluding carboxylic acids is 2. The van der Waals surface area contributed by atoms with Crippen LogP contribution < -0.4 is 10.6 Å². The number of hydrogen-bond acceptors (Lipinski definition) is 3. The minimum atomic E-state index is -1.23. The summed E-state index contributed by atoms with van der Waals surface area (Å²) >= 11 is 0. The molecular formula is C19H16F2N4O2. The van der Waals surface area contributed by atoms with Crippen molar-refractivity contribution in [2.24, 2.45) is 0 Å². The Kier molecular flexibility index (Phi) is 4.98. The lowest BCUT2D eigenvalue weighted by Gasteiger charge is -2.08. The molecule has 27 heavy (non-hydrogen) atoms. The Morgan fingerprint density at radius 2 is 1.59 bits per heavy atom. The van der Waals surface area contributed by atoms with E-state index in [2.05, 4.69) is 15.7 Å². The molecule has 0 fully saturated rings. The number of rotatable bonds is 3. The highest BCUT2D eigenvalue weighted by Gasteiger charge is 2.21. The molecule has 3 aromatic rings. The standard InChI is InChI=1S/C19H16F2N4O2/c1-11-17(12(2)25(24-11)13-7-4-3-5-8-13)23-19(27)18(26)22-15-10-6-9-14(20)16(15)21/h3-10H,1-2H3,(H,22,26)(H,23,27). The van der Waals surface area contributed by atoms with Gasteiger partial charge in [-0.25, -0.2) is 13.5 Å². The summed E-state index contributed by atoms with van der Waals surface area (Å²) in [4.78, 5) is 24.2. The van der Waals surface area contributed by atoms with Gasteiger partial charge in [0.15, 0.2) is 11.6 Å². The minimum absolute atomic E-state index is 0.374. The van der Waals surface area contributed by atoms with Crippen molar-refractivity contribution in [3.8, 4) is 5.69 Å². The summed E-state index contributed by atoms with van der Waals surface area (Å²) < 4.78 is 28.5. The number of aromatic nitrogens is 2. The lowest BCUT2D eigenvalue weighted by atomic mass is 10.2. The molecule has 2 aromatic carbocycles. The monoisotopic (exact) mass is 370 g/mol. The molecule has 0 radical (unpaired) electrons. The topological polar surface area (TPSA) is 76.0 Å². The fourth-order valence-corrected chi connectivity index (χ4v) is 2.59. The van der Waals surface area contributed by atoms with E-state index in [9.17, 15) is 18.4 Å². The first-order valence-corrected chi connectivity index (χ1v) is 8.06. The highest BCUT2D eigenvalue weighted by atomic mass is 19.2. The summed E-state index contributed by atoms with van der Waals surface area (Å²) in [5.74, 6) is -4.49. The molecule has 0 bridgehead atoms. The van der Waals surface area contributed by atoms with Crippen molar-refractivity contribution in [2.75, 3.05) is 10.6 Å². The van der Waals surface area contributed by atoms with E-state index >= 15 is 0 Å². The Balaban J connectivity index is 1.79. The fourth-order valence-electron chi connectivity index (χ4n) is 2.59. The van der Waals surface area contributed by atoms with Gasteiger partial charge in [-0.3, -0.25) is 9.59 Å². The summed E-state index contributed by atoms with van der Waals surface area (Å²) in [6.45, 7) is 3.43. The van der Waals surface area contributed by atoms with Gasteiger partial charge in [-0.1, -0.05) is 24.3 Å². The number of para-hydroxylation sites is 1. The molecule has 138 valence electrons. The zero-order valence-corrected chi connectivity index (χ0v) is 14.6. The van der Waals surface area contributed by atoms with E-state index < -0.39 is 29.1 Å². The van der Waals surface area contributed by atoms with Crippen molar-refractivity contribution >= 4 is 23.2 Å². The molecule has 0 spiro atoms. The van der Waals surface area contributed by atoms with Crippen molar-refractivity contribution in [3.63, 3.8) is 0 Å². The van der Waals surface area contributed by atoms with Crippen LogP contribution in [-0.4, -0.2) is 21.6 Å². The Labute approximate surface area is 153 Å². The highest BCUT2D eigenvalue weighted by molar-refractivity contribution is 6.43. The van der Waals surface area contributed by atoms with Gasteiger partial charge < -0.3 is 10.6 Å². The van der Waals surface area contributed by atoms with E-state index in [1.807, 2.05) is 30.3 Å². The summed E-state index contributed by atoms with van der Waals surface area (Å²) in [5, 5.41) is 8.89. The number of nitrogens with zero attached hydrogens (tertiary/aromatic N) is 2. The third-order valence-corrected chi connectivity index (χ3v) is 3.94. The van der Waals surface area contributed by atoms with Gasteiger partial charge in [-0.05, 0) is 38.1 Å². The van der Waals surface area contributed by atoms with Crippen molar-refractivity contribution in [1.82, 2.24) is 9.78 Å². The van der Waals surface area contributed by atoms with Crippen LogP contribution in [0.2, 0.25) is 0 Å². The summed E-state index contributed by atoms with van der Waals surface area (Å²) in [5.41, 5.74) is 1.89. The predicted octanol–water partition coefficient (Wildman–Crippen LogP) is 3.34. The van der Waals surface area contributed by atoms with Crippen LogP contribution in [0.15, 0.2) is 48.5 Å². The van der Waals surface area contributed by atoms with Gasteiger partial charge >= 0.3 is 11.8 Å². The van der Waals surface area contributed by atoms with Crippen LogP contribution in [0, 0.1) is 25.5 Å². The van der Waals surface area contributed by atoms with E-state index in [0.717, 1.165) is 17.8 Å². The van der Waals surface area contributed by atoms with Crippen LogP contribution in [0.4, 0.5) is 20.2 Å². The SMILES string of the molecule is Cc1nn(-c2ccccc2)c(C)c1NC(=O)C(=O)Nc1cccc(F)c1F. The predicted molar refractivity (Wildman–Crippen MR) is 96.7 cm³/mol. The van der Waals surface area contributed by atoms with E-state index in [-0.39, 0.29) is 0 Å². The molecule has 8 heteroatoms.